The average Bonchev–Trinajstić information content (AvgIpc) is 2.65. The second-order valence-electron chi connectivity index (χ2n) is 6.48. The van der Waals surface area contributed by atoms with Gasteiger partial charge in [0.25, 0.3) is 5.91 Å². The van der Waals surface area contributed by atoms with Crippen LogP contribution in [-0.2, 0) is 4.79 Å². The summed E-state index contributed by atoms with van der Waals surface area (Å²) in [6.45, 7) is 1.97. The topological polar surface area (TPSA) is 80.3 Å². The Labute approximate surface area is 164 Å². The Morgan fingerprint density at radius 3 is 2.28 bits per heavy atom. The molecule has 2 N–H and O–H groups in total. The maximum absolute atomic E-state index is 13.0. The molecule has 1 aromatic heterocycles. The number of nitrogens with one attached hydrogen (secondary N) is 2. The van der Waals surface area contributed by atoms with Gasteiger partial charge >= 0.3 is 6.18 Å². The van der Waals surface area contributed by atoms with E-state index in [2.05, 4.69) is 20.4 Å². The summed E-state index contributed by atoms with van der Waals surface area (Å²) in [4.78, 5) is 28.5. The van der Waals surface area contributed by atoms with Crippen LogP contribution in [-0.4, -0.2) is 35.6 Å². The monoisotopic (exact) mass is 413 g/mol. The van der Waals surface area contributed by atoms with Crippen LogP contribution < -0.4 is 15.4 Å². The molecule has 2 amide bonds. The van der Waals surface area contributed by atoms with Crippen molar-refractivity contribution in [3.05, 3.63) is 54.0 Å². The van der Waals surface area contributed by atoms with Crippen molar-refractivity contribution in [3.8, 4) is 5.88 Å². The third-order valence-electron chi connectivity index (χ3n) is 3.73. The summed E-state index contributed by atoms with van der Waals surface area (Å²) in [6.07, 6.45) is -3.34. The number of anilines is 1. The Balaban J connectivity index is 2.00. The van der Waals surface area contributed by atoms with E-state index in [1.165, 1.54) is 24.3 Å². The van der Waals surface area contributed by atoms with E-state index in [4.69, 9.17) is 0 Å². The number of amides is 2. The standard InChI is InChI=1S/C19H19F4N3O3/c1-11(2)16(26-17(27)12-3-5-13(20)6-4-12)18(28)25-14-7-8-15(24-9-14)29-10-19(21,22)23/h3-9,11,16H,10H2,1-2H3,(H,25,28)(H,26,27). The molecule has 0 fully saturated rings. The Bertz CT molecular complexity index is 837. The number of carbonyl (C=O) groups excluding carboxylic acids is 2. The normalized spacial score (nSPS) is 12.4. The van der Waals surface area contributed by atoms with Crippen molar-refractivity contribution in [1.82, 2.24) is 10.3 Å². The molecule has 1 aromatic carbocycles. The van der Waals surface area contributed by atoms with E-state index in [0.29, 0.717) is 0 Å². The molecule has 2 aromatic rings. The minimum Gasteiger partial charge on any atom is -0.468 e. The van der Waals surface area contributed by atoms with Crippen molar-refractivity contribution in [3.63, 3.8) is 0 Å². The Kier molecular flexibility index (Phi) is 7.13. The molecule has 0 bridgehead atoms. The molecule has 10 heteroatoms. The van der Waals surface area contributed by atoms with Gasteiger partial charge in [-0.1, -0.05) is 13.8 Å². The maximum atomic E-state index is 13.0. The summed E-state index contributed by atoms with van der Waals surface area (Å²) in [7, 11) is 0. The quantitative estimate of drug-likeness (QED) is 0.681. The van der Waals surface area contributed by atoms with Gasteiger partial charge in [0, 0.05) is 11.6 Å². The number of aromatic nitrogens is 1. The molecule has 2 rings (SSSR count). The molecule has 0 aliphatic rings. The van der Waals surface area contributed by atoms with E-state index in [-0.39, 0.29) is 23.0 Å². The van der Waals surface area contributed by atoms with Gasteiger partial charge in [0.1, 0.15) is 11.9 Å². The van der Waals surface area contributed by atoms with Crippen molar-refractivity contribution >= 4 is 17.5 Å². The highest BCUT2D eigenvalue weighted by atomic mass is 19.4. The van der Waals surface area contributed by atoms with E-state index in [1.54, 1.807) is 13.8 Å². The van der Waals surface area contributed by atoms with Crippen LogP contribution in [0.5, 0.6) is 5.88 Å². The van der Waals surface area contributed by atoms with Gasteiger partial charge in [-0.25, -0.2) is 9.37 Å². The molecule has 0 saturated carbocycles. The molecular weight excluding hydrogens is 394 g/mol. The molecule has 1 unspecified atom stereocenters. The summed E-state index contributed by atoms with van der Waals surface area (Å²) >= 11 is 0. The second kappa shape index (κ2) is 9.35. The Morgan fingerprint density at radius 2 is 1.76 bits per heavy atom. The van der Waals surface area contributed by atoms with E-state index in [9.17, 15) is 27.2 Å². The summed E-state index contributed by atoms with van der Waals surface area (Å²) < 4.78 is 53.9. The number of ether oxygens (including phenoxy) is 1. The first-order valence-electron chi connectivity index (χ1n) is 8.58. The summed E-state index contributed by atoms with van der Waals surface area (Å²) in [5.41, 5.74) is 0.411. The third-order valence-corrected chi connectivity index (χ3v) is 3.73. The van der Waals surface area contributed by atoms with Crippen LogP contribution in [0.4, 0.5) is 23.2 Å². The molecule has 0 aliphatic heterocycles. The zero-order chi connectivity index (χ0) is 21.6. The lowest BCUT2D eigenvalue weighted by Crippen LogP contribution is -2.47. The first-order chi connectivity index (χ1) is 13.5. The van der Waals surface area contributed by atoms with Crippen LogP contribution in [0.2, 0.25) is 0 Å². The molecule has 0 radical (unpaired) electrons. The van der Waals surface area contributed by atoms with Gasteiger partial charge in [0.2, 0.25) is 11.8 Å². The molecule has 0 spiro atoms. The second-order valence-corrected chi connectivity index (χ2v) is 6.48. The average molecular weight is 413 g/mol. The summed E-state index contributed by atoms with van der Waals surface area (Å²) in [5, 5.41) is 5.11. The van der Waals surface area contributed by atoms with E-state index in [0.717, 1.165) is 18.3 Å². The lowest BCUT2D eigenvalue weighted by Gasteiger charge is -2.21. The fraction of sp³-hybridized carbons (Fsp3) is 0.316. The highest BCUT2D eigenvalue weighted by Crippen LogP contribution is 2.18. The van der Waals surface area contributed by atoms with Crippen LogP contribution >= 0.6 is 0 Å². The molecule has 0 saturated heterocycles. The van der Waals surface area contributed by atoms with Crippen molar-refractivity contribution in [2.24, 2.45) is 5.92 Å². The van der Waals surface area contributed by atoms with Crippen molar-refractivity contribution < 1.29 is 31.9 Å². The number of nitrogens with zero attached hydrogens (tertiary/aromatic N) is 1. The minimum absolute atomic E-state index is 0.192. The number of pyridine rings is 1. The lowest BCUT2D eigenvalue weighted by molar-refractivity contribution is -0.154. The maximum Gasteiger partial charge on any atom is 0.422 e. The fourth-order valence-electron chi connectivity index (χ4n) is 2.28. The summed E-state index contributed by atoms with van der Waals surface area (Å²) in [6, 6.07) is 6.46. The SMILES string of the molecule is CC(C)C(NC(=O)c1ccc(F)cc1)C(=O)Nc1ccc(OCC(F)(F)F)nc1. The van der Waals surface area contributed by atoms with E-state index < -0.39 is 36.5 Å². The van der Waals surface area contributed by atoms with Gasteiger partial charge in [0.05, 0.1) is 11.9 Å². The van der Waals surface area contributed by atoms with Crippen molar-refractivity contribution in [1.29, 1.82) is 0 Å². The molecule has 1 atom stereocenters. The highest BCUT2D eigenvalue weighted by Gasteiger charge is 2.29. The third kappa shape index (κ3) is 7.05. The molecule has 156 valence electrons. The molecule has 29 heavy (non-hydrogen) atoms. The predicted octanol–water partition coefficient (Wildman–Crippen LogP) is 3.55. The van der Waals surface area contributed by atoms with E-state index in [1.807, 2.05) is 0 Å². The van der Waals surface area contributed by atoms with Crippen LogP contribution in [0.3, 0.4) is 0 Å². The van der Waals surface area contributed by atoms with Crippen molar-refractivity contribution in [2.75, 3.05) is 11.9 Å². The highest BCUT2D eigenvalue weighted by molar-refractivity contribution is 6.01. The Morgan fingerprint density at radius 1 is 1.10 bits per heavy atom. The van der Waals surface area contributed by atoms with Crippen LogP contribution in [0.1, 0.15) is 24.2 Å². The van der Waals surface area contributed by atoms with Gasteiger partial charge in [-0.05, 0) is 36.2 Å². The number of rotatable bonds is 7. The van der Waals surface area contributed by atoms with Gasteiger partial charge in [0.15, 0.2) is 6.61 Å². The summed E-state index contributed by atoms with van der Waals surface area (Å²) in [5.74, 6) is -2.10. The number of hydrogen-bond donors (Lipinski definition) is 2. The minimum atomic E-state index is -4.48. The zero-order valence-electron chi connectivity index (χ0n) is 15.6. The van der Waals surface area contributed by atoms with Crippen LogP contribution in [0.25, 0.3) is 0 Å². The molecule has 1 heterocycles. The van der Waals surface area contributed by atoms with Crippen molar-refractivity contribution in [2.45, 2.75) is 26.1 Å². The van der Waals surface area contributed by atoms with Gasteiger partial charge < -0.3 is 15.4 Å². The lowest BCUT2D eigenvalue weighted by atomic mass is 10.0. The predicted molar refractivity (Wildman–Crippen MR) is 96.9 cm³/mol. The molecular formula is C19H19F4N3O3. The fourth-order valence-corrected chi connectivity index (χ4v) is 2.28. The first kappa shape index (κ1) is 22.1. The van der Waals surface area contributed by atoms with Gasteiger partial charge in [-0.3, -0.25) is 9.59 Å². The number of alkyl halides is 3. The molecule has 6 nitrogen and oxygen atoms in total. The number of halogens is 4. The smallest absolute Gasteiger partial charge is 0.422 e. The van der Waals surface area contributed by atoms with Crippen LogP contribution in [0.15, 0.2) is 42.6 Å². The van der Waals surface area contributed by atoms with Gasteiger partial charge in [-0.15, -0.1) is 0 Å². The van der Waals surface area contributed by atoms with E-state index >= 15 is 0 Å². The van der Waals surface area contributed by atoms with Crippen LogP contribution in [0, 0.1) is 11.7 Å². The first-order valence-corrected chi connectivity index (χ1v) is 8.58. The zero-order valence-corrected chi connectivity index (χ0v) is 15.6. The Hall–Kier alpha value is -3.17. The number of carbonyl (C=O) groups is 2. The molecule has 0 aliphatic carbocycles. The van der Waals surface area contributed by atoms with Gasteiger partial charge in [-0.2, -0.15) is 13.2 Å². The number of hydrogen-bond acceptors (Lipinski definition) is 4. The number of benzene rings is 1. The largest absolute Gasteiger partial charge is 0.468 e.